The molecule has 2 heterocycles. The molecule has 1 amide bonds. The van der Waals surface area contributed by atoms with E-state index in [9.17, 15) is 18.0 Å². The van der Waals surface area contributed by atoms with Crippen LogP contribution in [-0.4, -0.2) is 48.1 Å². The molecule has 2 aliphatic rings. The van der Waals surface area contributed by atoms with E-state index in [1.807, 2.05) is 42.8 Å². The van der Waals surface area contributed by atoms with Crippen molar-refractivity contribution in [2.45, 2.75) is 18.6 Å². The number of halogens is 3. The van der Waals surface area contributed by atoms with Gasteiger partial charge in [-0.3, -0.25) is 9.69 Å². The third kappa shape index (κ3) is 2.82. The first-order chi connectivity index (χ1) is 11.8. The van der Waals surface area contributed by atoms with E-state index in [1.165, 1.54) is 5.56 Å². The monoisotopic (exact) mass is 349 g/mol. The molecular weight excluding hydrogens is 331 g/mol. The van der Waals surface area contributed by atoms with Gasteiger partial charge in [-0.1, -0.05) is 18.2 Å². The van der Waals surface area contributed by atoms with Crippen molar-refractivity contribution in [3.8, 4) is 0 Å². The number of likely N-dealkylation sites (N-methyl/N-ethyl adjacent to an activating group) is 1. The molecular formula is C18H18F3N3O. The third-order valence-corrected chi connectivity index (χ3v) is 5.07. The molecule has 1 aliphatic heterocycles. The number of amides is 1. The normalized spacial score (nSPS) is 23.3. The fourth-order valence-electron chi connectivity index (χ4n) is 3.93. The maximum Gasteiger partial charge on any atom is 0.405 e. The second-order valence-electron chi connectivity index (χ2n) is 6.76. The number of nitrogens with zero attached hydrogens (tertiary/aromatic N) is 1. The van der Waals surface area contributed by atoms with Gasteiger partial charge in [-0.2, -0.15) is 13.2 Å². The molecule has 0 saturated carbocycles. The van der Waals surface area contributed by atoms with Gasteiger partial charge in [-0.25, -0.2) is 0 Å². The first-order valence-corrected chi connectivity index (χ1v) is 8.19. The van der Waals surface area contributed by atoms with E-state index >= 15 is 0 Å². The molecule has 0 fully saturated rings. The van der Waals surface area contributed by atoms with Gasteiger partial charge in [0.05, 0.1) is 5.92 Å². The molecule has 7 heteroatoms. The number of alkyl halides is 3. The minimum absolute atomic E-state index is 0.139. The Hall–Kier alpha value is -2.28. The van der Waals surface area contributed by atoms with Gasteiger partial charge in [0.15, 0.2) is 0 Å². The van der Waals surface area contributed by atoms with Crippen LogP contribution in [0.15, 0.2) is 30.5 Å². The second-order valence-corrected chi connectivity index (χ2v) is 6.76. The van der Waals surface area contributed by atoms with E-state index in [4.69, 9.17) is 0 Å². The third-order valence-electron chi connectivity index (χ3n) is 5.07. The first-order valence-electron chi connectivity index (χ1n) is 8.19. The Kier molecular flexibility index (Phi) is 3.64. The topological polar surface area (TPSA) is 48.1 Å². The van der Waals surface area contributed by atoms with Crippen molar-refractivity contribution in [1.82, 2.24) is 15.2 Å². The van der Waals surface area contributed by atoms with Crippen LogP contribution in [0.3, 0.4) is 0 Å². The first kappa shape index (κ1) is 16.2. The van der Waals surface area contributed by atoms with Crippen LogP contribution in [0.25, 0.3) is 16.5 Å². The van der Waals surface area contributed by atoms with Crippen molar-refractivity contribution in [2.24, 2.45) is 5.92 Å². The van der Waals surface area contributed by atoms with Crippen LogP contribution in [0.5, 0.6) is 0 Å². The van der Waals surface area contributed by atoms with Crippen molar-refractivity contribution < 1.29 is 18.0 Å². The van der Waals surface area contributed by atoms with Crippen LogP contribution in [0, 0.1) is 5.92 Å². The lowest BCUT2D eigenvalue weighted by Gasteiger charge is -2.39. The Morgan fingerprint density at radius 2 is 2.20 bits per heavy atom. The smallest absolute Gasteiger partial charge is 0.361 e. The number of rotatable bonds is 2. The van der Waals surface area contributed by atoms with E-state index in [0.717, 1.165) is 28.5 Å². The van der Waals surface area contributed by atoms with Gasteiger partial charge in [0.2, 0.25) is 5.91 Å². The minimum Gasteiger partial charge on any atom is -0.361 e. The van der Waals surface area contributed by atoms with Gasteiger partial charge in [-0.15, -0.1) is 0 Å². The quantitative estimate of drug-likeness (QED) is 0.876. The summed E-state index contributed by atoms with van der Waals surface area (Å²) in [5.74, 6) is -1.17. The lowest BCUT2D eigenvalue weighted by Crippen LogP contribution is -2.47. The zero-order chi connectivity index (χ0) is 17.8. The zero-order valence-electron chi connectivity index (χ0n) is 13.7. The van der Waals surface area contributed by atoms with Gasteiger partial charge < -0.3 is 10.3 Å². The Labute approximate surface area is 142 Å². The Balaban J connectivity index is 1.69. The average molecular weight is 349 g/mol. The lowest BCUT2D eigenvalue weighted by molar-refractivity contribution is -0.140. The molecule has 132 valence electrons. The largest absolute Gasteiger partial charge is 0.405 e. The zero-order valence-corrected chi connectivity index (χ0v) is 13.7. The van der Waals surface area contributed by atoms with Crippen LogP contribution in [-0.2, 0) is 11.2 Å². The van der Waals surface area contributed by atoms with Crippen molar-refractivity contribution in [1.29, 1.82) is 0 Å². The van der Waals surface area contributed by atoms with Crippen LogP contribution < -0.4 is 5.32 Å². The fraction of sp³-hybridized carbons (Fsp3) is 0.389. The number of hydrogen-bond acceptors (Lipinski definition) is 2. The molecule has 4 nitrogen and oxygen atoms in total. The standard InChI is InChI=1S/C18H18F3N3O/c1-24-8-11(17(25)23-9-18(19,20)21)5-13-12-3-2-4-14-16(12)10(7-22-14)6-15(13)24/h2-5,7,11,15,22H,6,8-9H2,1H3,(H,23,25)/t11-,15-/m1/s1. The van der Waals surface area contributed by atoms with Gasteiger partial charge in [0.25, 0.3) is 0 Å². The van der Waals surface area contributed by atoms with E-state index in [2.05, 4.69) is 9.88 Å². The molecule has 0 saturated heterocycles. The highest BCUT2D eigenvalue weighted by Gasteiger charge is 2.36. The van der Waals surface area contributed by atoms with Gasteiger partial charge >= 0.3 is 6.18 Å². The summed E-state index contributed by atoms with van der Waals surface area (Å²) in [6.45, 7) is -0.885. The van der Waals surface area contributed by atoms with Gasteiger partial charge in [0, 0.05) is 29.7 Å². The number of H-pyrrole nitrogens is 1. The number of carbonyl (C=O) groups excluding carboxylic acids is 1. The molecule has 1 aromatic heterocycles. The van der Waals surface area contributed by atoms with Gasteiger partial charge in [0.1, 0.15) is 6.54 Å². The molecule has 1 aromatic carbocycles. The SMILES string of the molecule is CN1C[C@H](C(=O)NCC(F)(F)F)C=C2c3cccc4[nH]cc(c34)C[C@H]21. The molecule has 4 rings (SSSR count). The Morgan fingerprint density at radius 3 is 2.96 bits per heavy atom. The number of carbonyl (C=O) groups is 1. The molecule has 2 atom stereocenters. The van der Waals surface area contributed by atoms with Crippen LogP contribution >= 0.6 is 0 Å². The average Bonchev–Trinajstić information content (AvgIpc) is 2.97. The van der Waals surface area contributed by atoms with Crippen molar-refractivity contribution in [3.63, 3.8) is 0 Å². The van der Waals surface area contributed by atoms with E-state index < -0.39 is 24.5 Å². The second kappa shape index (κ2) is 5.62. The van der Waals surface area contributed by atoms with Crippen molar-refractivity contribution in [3.05, 3.63) is 41.6 Å². The molecule has 2 N–H and O–H groups in total. The van der Waals surface area contributed by atoms with Crippen LogP contribution in [0.4, 0.5) is 13.2 Å². The highest BCUT2D eigenvalue weighted by molar-refractivity contribution is 5.99. The summed E-state index contributed by atoms with van der Waals surface area (Å²) < 4.78 is 37.1. The maximum atomic E-state index is 12.4. The highest BCUT2D eigenvalue weighted by atomic mass is 19.4. The summed E-state index contributed by atoms with van der Waals surface area (Å²) in [6.07, 6.45) is 0.292. The van der Waals surface area contributed by atoms with E-state index in [-0.39, 0.29) is 6.04 Å². The minimum atomic E-state index is -4.40. The molecule has 25 heavy (non-hydrogen) atoms. The van der Waals surface area contributed by atoms with Crippen LogP contribution in [0.1, 0.15) is 11.1 Å². The van der Waals surface area contributed by atoms with Crippen molar-refractivity contribution in [2.75, 3.05) is 20.1 Å². The van der Waals surface area contributed by atoms with Crippen LogP contribution in [0.2, 0.25) is 0 Å². The fourth-order valence-corrected chi connectivity index (χ4v) is 3.93. The molecule has 0 unspecified atom stereocenters. The number of aromatic amines is 1. The number of aromatic nitrogens is 1. The molecule has 0 bridgehead atoms. The summed E-state index contributed by atoms with van der Waals surface area (Å²) in [4.78, 5) is 17.5. The summed E-state index contributed by atoms with van der Waals surface area (Å²) >= 11 is 0. The number of fused-ring (bicyclic) bond motifs is 2. The maximum absolute atomic E-state index is 12.4. The molecule has 2 aromatic rings. The number of benzene rings is 1. The summed E-state index contributed by atoms with van der Waals surface area (Å²) in [5, 5.41) is 3.15. The summed E-state index contributed by atoms with van der Waals surface area (Å²) in [5.41, 5.74) is 4.36. The lowest BCUT2D eigenvalue weighted by atomic mass is 9.80. The molecule has 1 aliphatic carbocycles. The van der Waals surface area contributed by atoms with Crippen molar-refractivity contribution >= 4 is 22.4 Å². The van der Waals surface area contributed by atoms with E-state index in [0.29, 0.717) is 6.54 Å². The molecule has 0 radical (unpaired) electrons. The summed E-state index contributed by atoms with van der Waals surface area (Å²) in [6, 6.07) is 6.11. The number of nitrogens with one attached hydrogen (secondary N) is 2. The predicted molar refractivity (Wildman–Crippen MR) is 89.0 cm³/mol. The molecule has 0 spiro atoms. The Morgan fingerprint density at radius 1 is 1.40 bits per heavy atom. The summed E-state index contributed by atoms with van der Waals surface area (Å²) in [7, 11) is 1.92. The van der Waals surface area contributed by atoms with E-state index in [1.54, 1.807) is 0 Å². The number of hydrogen-bond donors (Lipinski definition) is 2. The Bertz CT molecular complexity index is 868. The highest BCUT2D eigenvalue weighted by Crippen LogP contribution is 2.40. The predicted octanol–water partition coefficient (Wildman–Crippen LogP) is 2.72. The van der Waals surface area contributed by atoms with Gasteiger partial charge in [-0.05, 0) is 36.2 Å².